The number of carbonyl (C=O) groups is 2. The number of likely N-dealkylation sites (N-methyl/N-ethyl adjacent to an activating group) is 1. The predicted molar refractivity (Wildman–Crippen MR) is 76.1 cm³/mol. The van der Waals surface area contributed by atoms with E-state index in [-0.39, 0.29) is 4.90 Å². The quantitative estimate of drug-likeness (QED) is 0.763. The topological polar surface area (TPSA) is 95.0 Å². The molecule has 0 saturated carbocycles. The molecule has 1 aromatic carbocycles. The Bertz CT molecular complexity index is 639. The number of benzene rings is 1. The lowest BCUT2D eigenvalue weighted by Gasteiger charge is -2.32. The zero-order valence-corrected chi connectivity index (χ0v) is 13.1. The van der Waals surface area contributed by atoms with Gasteiger partial charge in [0.15, 0.2) is 5.54 Å². The summed E-state index contributed by atoms with van der Waals surface area (Å²) < 4.78 is 25.0. The van der Waals surface area contributed by atoms with Gasteiger partial charge in [-0.2, -0.15) is 0 Å². The second kappa shape index (κ2) is 5.82. The molecule has 0 aromatic heterocycles. The van der Waals surface area contributed by atoms with Gasteiger partial charge in [-0.25, -0.2) is 17.5 Å². The monoisotopic (exact) mass is 314 g/mol. The van der Waals surface area contributed by atoms with Crippen LogP contribution in [0.25, 0.3) is 0 Å². The molecular formula is C13H18N2O5S. The standard InChI is InChI=1S/C13H18N2O5S/c1-13(12(17)18,15(4)9-16)10-5-7-11(8-6-10)21(19,20)14(2)3/h5-9H,1-4H3,(H,17,18). The van der Waals surface area contributed by atoms with Crippen molar-refractivity contribution in [2.45, 2.75) is 17.4 Å². The van der Waals surface area contributed by atoms with Crippen LogP contribution < -0.4 is 0 Å². The number of hydrogen-bond acceptors (Lipinski definition) is 4. The average Bonchev–Trinajstić information content (AvgIpc) is 2.45. The van der Waals surface area contributed by atoms with Gasteiger partial charge in [-0.05, 0) is 24.6 Å². The van der Waals surface area contributed by atoms with E-state index in [0.29, 0.717) is 12.0 Å². The maximum Gasteiger partial charge on any atom is 0.334 e. The first-order valence-electron chi connectivity index (χ1n) is 6.03. The minimum atomic E-state index is -3.58. The van der Waals surface area contributed by atoms with E-state index in [1.807, 2.05) is 0 Å². The molecule has 21 heavy (non-hydrogen) atoms. The fourth-order valence-corrected chi connectivity index (χ4v) is 2.65. The molecule has 0 radical (unpaired) electrons. The molecule has 1 amide bonds. The molecule has 1 atom stereocenters. The van der Waals surface area contributed by atoms with E-state index in [1.165, 1.54) is 52.3 Å². The van der Waals surface area contributed by atoms with Crippen LogP contribution in [0.15, 0.2) is 29.2 Å². The molecule has 0 aliphatic carbocycles. The highest BCUT2D eigenvalue weighted by atomic mass is 32.2. The van der Waals surface area contributed by atoms with Gasteiger partial charge in [0.25, 0.3) is 0 Å². The third-order valence-corrected chi connectivity index (χ3v) is 5.30. The van der Waals surface area contributed by atoms with Gasteiger partial charge in [0.2, 0.25) is 16.4 Å². The van der Waals surface area contributed by atoms with E-state index in [2.05, 4.69) is 0 Å². The number of carboxylic acid groups (broad SMARTS) is 1. The van der Waals surface area contributed by atoms with Gasteiger partial charge in [0.1, 0.15) is 0 Å². The highest BCUT2D eigenvalue weighted by molar-refractivity contribution is 7.89. The Morgan fingerprint density at radius 2 is 1.67 bits per heavy atom. The van der Waals surface area contributed by atoms with Crippen molar-refractivity contribution in [3.63, 3.8) is 0 Å². The zero-order valence-electron chi connectivity index (χ0n) is 12.3. The van der Waals surface area contributed by atoms with E-state index >= 15 is 0 Å². The number of sulfonamides is 1. The van der Waals surface area contributed by atoms with Gasteiger partial charge in [-0.1, -0.05) is 12.1 Å². The van der Waals surface area contributed by atoms with Crippen LogP contribution in [0.4, 0.5) is 0 Å². The third-order valence-electron chi connectivity index (χ3n) is 3.47. The molecule has 1 rings (SSSR count). The van der Waals surface area contributed by atoms with Crippen LogP contribution in [0.1, 0.15) is 12.5 Å². The van der Waals surface area contributed by atoms with Crippen molar-refractivity contribution < 1.29 is 23.1 Å². The summed E-state index contributed by atoms with van der Waals surface area (Å²) in [5.74, 6) is -1.21. The van der Waals surface area contributed by atoms with Gasteiger partial charge >= 0.3 is 5.97 Å². The van der Waals surface area contributed by atoms with Crippen molar-refractivity contribution in [1.29, 1.82) is 0 Å². The van der Waals surface area contributed by atoms with Gasteiger partial charge in [-0.15, -0.1) is 0 Å². The number of aliphatic carboxylic acids is 1. The van der Waals surface area contributed by atoms with Crippen molar-refractivity contribution in [2.75, 3.05) is 21.1 Å². The molecule has 0 saturated heterocycles. The van der Waals surface area contributed by atoms with E-state index in [0.717, 1.165) is 9.21 Å². The van der Waals surface area contributed by atoms with Crippen LogP contribution in [-0.4, -0.2) is 56.3 Å². The molecule has 1 N–H and O–H groups in total. The molecule has 1 unspecified atom stereocenters. The molecule has 8 heteroatoms. The van der Waals surface area contributed by atoms with Gasteiger partial charge < -0.3 is 10.0 Å². The summed E-state index contributed by atoms with van der Waals surface area (Å²) in [5, 5.41) is 9.38. The summed E-state index contributed by atoms with van der Waals surface area (Å²) in [6.45, 7) is 1.37. The van der Waals surface area contributed by atoms with E-state index in [1.54, 1.807) is 0 Å². The Hall–Kier alpha value is -1.93. The predicted octanol–water partition coefficient (Wildman–Crippen LogP) is 0.325. The Kier molecular flexibility index (Phi) is 4.75. The van der Waals surface area contributed by atoms with Gasteiger partial charge in [-0.3, -0.25) is 4.79 Å². The van der Waals surface area contributed by atoms with E-state index in [9.17, 15) is 23.1 Å². The number of hydrogen-bond donors (Lipinski definition) is 1. The van der Waals surface area contributed by atoms with Crippen LogP contribution in [0.2, 0.25) is 0 Å². The molecule has 7 nitrogen and oxygen atoms in total. The molecule has 0 spiro atoms. The van der Waals surface area contributed by atoms with Crippen LogP contribution in [0, 0.1) is 0 Å². The first-order valence-corrected chi connectivity index (χ1v) is 7.47. The lowest BCUT2D eigenvalue weighted by atomic mass is 9.91. The maximum atomic E-state index is 12.0. The lowest BCUT2D eigenvalue weighted by Crippen LogP contribution is -2.47. The molecule has 0 bridgehead atoms. The van der Waals surface area contributed by atoms with Gasteiger partial charge in [0, 0.05) is 21.1 Å². The number of amides is 1. The molecule has 0 heterocycles. The summed E-state index contributed by atoms with van der Waals surface area (Å²) in [6.07, 6.45) is 0.415. The minimum absolute atomic E-state index is 0.0535. The lowest BCUT2D eigenvalue weighted by molar-refractivity contribution is -0.153. The first-order chi connectivity index (χ1) is 9.58. The van der Waals surface area contributed by atoms with Crippen LogP contribution in [0.5, 0.6) is 0 Å². The van der Waals surface area contributed by atoms with Crippen LogP contribution in [0.3, 0.4) is 0 Å². The second-order valence-corrected chi connectivity index (χ2v) is 7.06. The van der Waals surface area contributed by atoms with Gasteiger partial charge in [0.05, 0.1) is 4.90 Å². The SMILES string of the molecule is CN(C=O)C(C)(C(=O)O)c1ccc(S(=O)(=O)N(C)C)cc1. The van der Waals surface area contributed by atoms with Crippen LogP contribution >= 0.6 is 0 Å². The summed E-state index contributed by atoms with van der Waals surface area (Å²) in [7, 11) is 0.585. The Balaban J connectivity index is 3.35. The Morgan fingerprint density at radius 1 is 1.19 bits per heavy atom. The Labute approximate surface area is 123 Å². The van der Waals surface area contributed by atoms with Crippen molar-refractivity contribution >= 4 is 22.4 Å². The third kappa shape index (κ3) is 2.91. The minimum Gasteiger partial charge on any atom is -0.479 e. The average molecular weight is 314 g/mol. The number of nitrogens with zero attached hydrogens (tertiary/aromatic N) is 2. The molecule has 116 valence electrons. The summed E-state index contributed by atoms with van der Waals surface area (Å²) in [4.78, 5) is 23.5. The highest BCUT2D eigenvalue weighted by Gasteiger charge is 2.39. The number of carboxylic acids is 1. The fraction of sp³-hybridized carbons (Fsp3) is 0.385. The second-order valence-electron chi connectivity index (χ2n) is 4.91. The van der Waals surface area contributed by atoms with Crippen molar-refractivity contribution in [3.8, 4) is 0 Å². The number of carbonyl (C=O) groups excluding carboxylic acids is 1. The van der Waals surface area contributed by atoms with E-state index < -0.39 is 21.5 Å². The zero-order chi connectivity index (χ0) is 16.4. The molecule has 0 fully saturated rings. The smallest absolute Gasteiger partial charge is 0.334 e. The van der Waals surface area contributed by atoms with Crippen molar-refractivity contribution in [2.24, 2.45) is 0 Å². The summed E-state index contributed by atoms with van der Waals surface area (Å²) in [5.41, 5.74) is -1.26. The van der Waals surface area contributed by atoms with Crippen molar-refractivity contribution in [1.82, 2.24) is 9.21 Å². The largest absolute Gasteiger partial charge is 0.479 e. The fourth-order valence-electron chi connectivity index (χ4n) is 1.75. The molecular weight excluding hydrogens is 296 g/mol. The van der Waals surface area contributed by atoms with E-state index in [4.69, 9.17) is 0 Å². The molecule has 0 aliphatic rings. The number of rotatable bonds is 6. The summed E-state index contributed by atoms with van der Waals surface area (Å²) >= 11 is 0. The maximum absolute atomic E-state index is 12.0. The Morgan fingerprint density at radius 3 is 2.00 bits per heavy atom. The molecule has 1 aromatic rings. The van der Waals surface area contributed by atoms with Crippen LogP contribution in [-0.2, 0) is 25.2 Å². The molecule has 0 aliphatic heterocycles. The normalized spacial score (nSPS) is 14.5. The highest BCUT2D eigenvalue weighted by Crippen LogP contribution is 2.28. The van der Waals surface area contributed by atoms with Crippen molar-refractivity contribution in [3.05, 3.63) is 29.8 Å². The first kappa shape index (κ1) is 17.1. The summed E-state index contributed by atoms with van der Waals surface area (Å²) in [6, 6.07) is 5.43.